The zero-order valence-corrected chi connectivity index (χ0v) is 8.65. The van der Waals surface area contributed by atoms with Crippen molar-refractivity contribution in [1.82, 2.24) is 5.32 Å². The van der Waals surface area contributed by atoms with E-state index >= 15 is 0 Å². The highest BCUT2D eigenvalue weighted by Crippen LogP contribution is 2.12. The molecule has 2 nitrogen and oxygen atoms in total. The van der Waals surface area contributed by atoms with Crippen LogP contribution in [0.4, 0.5) is 0 Å². The van der Waals surface area contributed by atoms with Gasteiger partial charge in [-0.2, -0.15) is 5.26 Å². The molecular formula is C10H20N2. The van der Waals surface area contributed by atoms with Gasteiger partial charge in [-0.15, -0.1) is 0 Å². The molecule has 0 aromatic rings. The molecule has 2 heteroatoms. The molecule has 1 atom stereocenters. The summed E-state index contributed by atoms with van der Waals surface area (Å²) in [5.41, 5.74) is 0.102. The van der Waals surface area contributed by atoms with E-state index in [0.717, 1.165) is 19.3 Å². The molecule has 0 aliphatic rings. The van der Waals surface area contributed by atoms with Crippen molar-refractivity contribution in [2.45, 2.75) is 58.5 Å². The number of hydrogen-bond acceptors (Lipinski definition) is 2. The molecule has 0 radical (unpaired) electrons. The van der Waals surface area contributed by atoms with Gasteiger partial charge in [0.15, 0.2) is 0 Å². The van der Waals surface area contributed by atoms with Crippen LogP contribution in [0, 0.1) is 11.3 Å². The van der Waals surface area contributed by atoms with Crippen LogP contribution in [0.2, 0.25) is 0 Å². The lowest BCUT2D eigenvalue weighted by Gasteiger charge is -2.28. The van der Waals surface area contributed by atoms with Crippen molar-refractivity contribution >= 4 is 0 Å². The molecule has 70 valence electrons. The molecule has 0 bridgehead atoms. The van der Waals surface area contributed by atoms with Crippen molar-refractivity contribution in [2.75, 3.05) is 0 Å². The van der Waals surface area contributed by atoms with E-state index < -0.39 is 0 Å². The molecule has 0 heterocycles. The Morgan fingerprint density at radius 1 is 1.42 bits per heavy atom. The van der Waals surface area contributed by atoms with E-state index in [9.17, 15) is 0 Å². The zero-order chi connectivity index (χ0) is 9.61. The van der Waals surface area contributed by atoms with Crippen LogP contribution in [-0.4, -0.2) is 11.6 Å². The Kier molecular flexibility index (Phi) is 4.92. The first kappa shape index (κ1) is 11.4. The molecule has 0 amide bonds. The normalized spacial score (nSPS) is 13.9. The van der Waals surface area contributed by atoms with Gasteiger partial charge in [-0.05, 0) is 26.7 Å². The number of rotatable bonds is 5. The van der Waals surface area contributed by atoms with E-state index in [1.165, 1.54) is 0 Å². The molecular weight excluding hydrogens is 148 g/mol. The second-order valence-electron chi connectivity index (χ2n) is 3.87. The average Bonchev–Trinajstić information content (AvgIpc) is 2.00. The number of nitrogens with zero attached hydrogens (tertiary/aromatic N) is 1. The number of nitriles is 1. The van der Waals surface area contributed by atoms with Gasteiger partial charge in [0.05, 0.1) is 12.1 Å². The molecule has 1 N–H and O–H groups in total. The summed E-state index contributed by atoms with van der Waals surface area (Å²) in [6, 6.07) is 2.26. The lowest BCUT2D eigenvalue weighted by atomic mass is 9.97. The fourth-order valence-electron chi connectivity index (χ4n) is 1.39. The lowest BCUT2D eigenvalue weighted by molar-refractivity contribution is 0.333. The molecule has 0 saturated heterocycles. The molecule has 12 heavy (non-hydrogen) atoms. The topological polar surface area (TPSA) is 35.8 Å². The first-order chi connectivity index (χ1) is 5.55. The minimum Gasteiger partial charge on any atom is -0.297 e. The fraction of sp³-hybridized carbons (Fsp3) is 0.900. The summed E-state index contributed by atoms with van der Waals surface area (Å²) in [5, 5.41) is 12.1. The summed E-state index contributed by atoms with van der Waals surface area (Å²) in [6.07, 6.45) is 3.15. The van der Waals surface area contributed by atoms with E-state index in [1.807, 2.05) is 6.92 Å². The Bertz CT molecular complexity index is 156. The summed E-state index contributed by atoms with van der Waals surface area (Å²) in [6.45, 7) is 8.49. The second kappa shape index (κ2) is 5.16. The summed E-state index contributed by atoms with van der Waals surface area (Å²) in [5.74, 6) is 0. The van der Waals surface area contributed by atoms with Crippen LogP contribution in [-0.2, 0) is 0 Å². The summed E-state index contributed by atoms with van der Waals surface area (Å²) < 4.78 is 0. The Balaban J connectivity index is 3.95. The predicted octanol–water partition coefficient (Wildman–Crippen LogP) is 2.46. The minimum atomic E-state index is 0.00606. The smallest absolute Gasteiger partial charge is 0.0954 e. The monoisotopic (exact) mass is 168 g/mol. The van der Waals surface area contributed by atoms with Gasteiger partial charge in [0.2, 0.25) is 0 Å². The third-order valence-electron chi connectivity index (χ3n) is 2.00. The van der Waals surface area contributed by atoms with Crippen molar-refractivity contribution in [3.05, 3.63) is 0 Å². The van der Waals surface area contributed by atoms with E-state index in [1.54, 1.807) is 0 Å². The van der Waals surface area contributed by atoms with Gasteiger partial charge in [-0.1, -0.05) is 20.3 Å². The van der Waals surface area contributed by atoms with E-state index in [-0.39, 0.29) is 11.6 Å². The van der Waals surface area contributed by atoms with Crippen LogP contribution in [0.5, 0.6) is 0 Å². The Labute approximate surface area is 76.0 Å². The van der Waals surface area contributed by atoms with Crippen molar-refractivity contribution in [1.29, 1.82) is 5.26 Å². The minimum absolute atomic E-state index is 0.00606. The van der Waals surface area contributed by atoms with Crippen LogP contribution in [0.25, 0.3) is 0 Å². The standard InChI is InChI=1S/C10H20N2/c1-5-7-10(3,4)12-9(6-2)8-11/h9,12H,5-7H2,1-4H3. The van der Waals surface area contributed by atoms with Gasteiger partial charge in [-0.3, -0.25) is 5.32 Å². The highest BCUT2D eigenvalue weighted by Gasteiger charge is 2.19. The van der Waals surface area contributed by atoms with Crippen molar-refractivity contribution in [3.8, 4) is 6.07 Å². The average molecular weight is 168 g/mol. The SMILES string of the molecule is CCCC(C)(C)NC(C#N)CC. The quantitative estimate of drug-likeness (QED) is 0.684. The van der Waals surface area contributed by atoms with Gasteiger partial charge in [0.25, 0.3) is 0 Å². The van der Waals surface area contributed by atoms with E-state index in [0.29, 0.717) is 0 Å². The number of nitrogens with one attached hydrogen (secondary N) is 1. The summed E-state index contributed by atoms with van der Waals surface area (Å²) in [7, 11) is 0. The summed E-state index contributed by atoms with van der Waals surface area (Å²) in [4.78, 5) is 0. The van der Waals surface area contributed by atoms with E-state index in [4.69, 9.17) is 5.26 Å². The molecule has 0 rings (SSSR count). The predicted molar refractivity (Wildman–Crippen MR) is 51.8 cm³/mol. The molecule has 1 unspecified atom stereocenters. The van der Waals surface area contributed by atoms with Gasteiger partial charge < -0.3 is 0 Å². The maximum atomic E-state index is 8.75. The maximum Gasteiger partial charge on any atom is 0.0954 e. The Morgan fingerprint density at radius 3 is 2.33 bits per heavy atom. The van der Waals surface area contributed by atoms with Crippen molar-refractivity contribution in [3.63, 3.8) is 0 Å². The summed E-state index contributed by atoms with van der Waals surface area (Å²) >= 11 is 0. The second-order valence-corrected chi connectivity index (χ2v) is 3.87. The van der Waals surface area contributed by atoms with Gasteiger partial charge in [0, 0.05) is 5.54 Å². The molecule has 0 saturated carbocycles. The first-order valence-electron chi connectivity index (χ1n) is 4.73. The molecule has 0 aromatic heterocycles. The van der Waals surface area contributed by atoms with Crippen molar-refractivity contribution < 1.29 is 0 Å². The number of hydrogen-bond donors (Lipinski definition) is 1. The highest BCUT2D eigenvalue weighted by molar-refractivity contribution is 4.93. The van der Waals surface area contributed by atoms with E-state index in [2.05, 4.69) is 32.2 Å². The van der Waals surface area contributed by atoms with Gasteiger partial charge >= 0.3 is 0 Å². The van der Waals surface area contributed by atoms with Gasteiger partial charge in [0.1, 0.15) is 0 Å². The van der Waals surface area contributed by atoms with Crippen LogP contribution >= 0.6 is 0 Å². The largest absolute Gasteiger partial charge is 0.297 e. The Morgan fingerprint density at radius 2 is 2.00 bits per heavy atom. The molecule has 0 aliphatic carbocycles. The van der Waals surface area contributed by atoms with Crippen LogP contribution in [0.3, 0.4) is 0 Å². The maximum absolute atomic E-state index is 8.75. The zero-order valence-electron chi connectivity index (χ0n) is 8.65. The first-order valence-corrected chi connectivity index (χ1v) is 4.73. The molecule has 0 spiro atoms. The third-order valence-corrected chi connectivity index (χ3v) is 2.00. The Hall–Kier alpha value is -0.550. The molecule has 0 aromatic carbocycles. The van der Waals surface area contributed by atoms with Crippen LogP contribution < -0.4 is 5.32 Å². The van der Waals surface area contributed by atoms with Crippen LogP contribution in [0.1, 0.15) is 47.0 Å². The third kappa shape index (κ3) is 4.35. The lowest BCUT2D eigenvalue weighted by Crippen LogP contribution is -2.44. The molecule has 0 fully saturated rings. The van der Waals surface area contributed by atoms with Gasteiger partial charge in [-0.25, -0.2) is 0 Å². The molecule has 0 aliphatic heterocycles. The van der Waals surface area contributed by atoms with Crippen molar-refractivity contribution in [2.24, 2.45) is 0 Å². The fourth-order valence-corrected chi connectivity index (χ4v) is 1.39. The van der Waals surface area contributed by atoms with Crippen LogP contribution in [0.15, 0.2) is 0 Å². The highest BCUT2D eigenvalue weighted by atomic mass is 15.0.